The maximum atomic E-state index is 11.4. The Hall–Kier alpha value is -0.910. The SMILES string of the molecule is CCSCC[C@H](NC(=O)OC(C)(C)C)C(=O)O. The zero-order valence-corrected chi connectivity index (χ0v) is 11.6. The van der Waals surface area contributed by atoms with Crippen molar-refractivity contribution in [2.24, 2.45) is 0 Å². The zero-order valence-electron chi connectivity index (χ0n) is 10.8. The molecule has 0 saturated carbocycles. The summed E-state index contributed by atoms with van der Waals surface area (Å²) in [5.74, 6) is 0.592. The standard InChI is InChI=1S/C11H21NO4S/c1-5-17-7-6-8(9(13)14)12-10(15)16-11(2,3)4/h8H,5-7H2,1-4H3,(H,12,15)(H,13,14)/t8-/m0/s1. The molecule has 0 fully saturated rings. The number of carbonyl (C=O) groups is 2. The van der Waals surface area contributed by atoms with Gasteiger partial charge in [-0.25, -0.2) is 9.59 Å². The molecule has 0 heterocycles. The first-order valence-electron chi connectivity index (χ1n) is 5.56. The van der Waals surface area contributed by atoms with Crippen molar-refractivity contribution in [2.45, 2.75) is 45.8 Å². The highest BCUT2D eigenvalue weighted by Gasteiger charge is 2.23. The molecule has 0 aromatic heterocycles. The molecule has 0 saturated heterocycles. The number of carbonyl (C=O) groups excluding carboxylic acids is 1. The summed E-state index contributed by atoms with van der Waals surface area (Å²) >= 11 is 1.64. The van der Waals surface area contributed by atoms with Crippen molar-refractivity contribution in [3.63, 3.8) is 0 Å². The molecule has 0 aliphatic carbocycles. The molecule has 5 nitrogen and oxygen atoms in total. The Bertz CT molecular complexity index is 263. The van der Waals surface area contributed by atoms with Crippen molar-refractivity contribution in [1.29, 1.82) is 0 Å². The third-order valence-corrected chi connectivity index (χ3v) is 2.68. The van der Waals surface area contributed by atoms with E-state index in [4.69, 9.17) is 9.84 Å². The molecule has 100 valence electrons. The van der Waals surface area contributed by atoms with E-state index < -0.39 is 23.7 Å². The molecule has 0 aliphatic rings. The fourth-order valence-corrected chi connectivity index (χ4v) is 1.74. The lowest BCUT2D eigenvalue weighted by Gasteiger charge is -2.21. The summed E-state index contributed by atoms with van der Waals surface area (Å²) in [5, 5.41) is 11.3. The number of ether oxygens (including phenoxy) is 1. The molecule has 0 bridgehead atoms. The van der Waals surface area contributed by atoms with E-state index in [1.807, 2.05) is 6.92 Å². The van der Waals surface area contributed by atoms with E-state index in [-0.39, 0.29) is 0 Å². The van der Waals surface area contributed by atoms with E-state index in [0.717, 1.165) is 5.75 Å². The summed E-state index contributed by atoms with van der Waals surface area (Å²) in [6, 6.07) is -0.885. The van der Waals surface area contributed by atoms with Crippen molar-refractivity contribution in [3.05, 3.63) is 0 Å². The van der Waals surface area contributed by atoms with E-state index in [1.54, 1.807) is 32.5 Å². The lowest BCUT2D eigenvalue weighted by atomic mass is 10.2. The second kappa shape index (κ2) is 7.42. The minimum Gasteiger partial charge on any atom is -0.480 e. The zero-order chi connectivity index (χ0) is 13.5. The lowest BCUT2D eigenvalue weighted by molar-refractivity contribution is -0.139. The van der Waals surface area contributed by atoms with Crippen LogP contribution in [-0.4, -0.2) is 40.3 Å². The summed E-state index contributed by atoms with van der Waals surface area (Å²) in [6.45, 7) is 7.20. The number of thioether (sulfide) groups is 1. The van der Waals surface area contributed by atoms with Crippen LogP contribution in [0.2, 0.25) is 0 Å². The van der Waals surface area contributed by atoms with Crippen molar-refractivity contribution in [2.75, 3.05) is 11.5 Å². The second-order valence-corrected chi connectivity index (χ2v) is 5.92. The number of rotatable bonds is 6. The molecule has 6 heteroatoms. The maximum absolute atomic E-state index is 11.4. The van der Waals surface area contributed by atoms with Gasteiger partial charge in [0.1, 0.15) is 11.6 Å². The van der Waals surface area contributed by atoms with Crippen molar-refractivity contribution in [3.8, 4) is 0 Å². The van der Waals surface area contributed by atoms with Gasteiger partial charge < -0.3 is 15.2 Å². The van der Waals surface area contributed by atoms with Crippen LogP contribution in [0.25, 0.3) is 0 Å². The normalized spacial score (nSPS) is 12.9. The fourth-order valence-electron chi connectivity index (χ4n) is 1.05. The summed E-state index contributed by atoms with van der Waals surface area (Å²) in [5.41, 5.74) is -0.620. The number of hydrogen-bond donors (Lipinski definition) is 2. The summed E-state index contributed by atoms with van der Waals surface area (Å²) in [4.78, 5) is 22.3. The van der Waals surface area contributed by atoms with Gasteiger partial charge in [0.05, 0.1) is 0 Å². The Morgan fingerprint density at radius 3 is 2.41 bits per heavy atom. The molecule has 0 aromatic rings. The largest absolute Gasteiger partial charge is 0.480 e. The summed E-state index contributed by atoms with van der Waals surface area (Å²) < 4.78 is 5.00. The Labute approximate surface area is 106 Å². The fraction of sp³-hybridized carbons (Fsp3) is 0.818. The van der Waals surface area contributed by atoms with Crippen molar-refractivity contribution >= 4 is 23.8 Å². The van der Waals surface area contributed by atoms with Gasteiger partial charge in [-0.15, -0.1) is 0 Å². The highest BCUT2D eigenvalue weighted by molar-refractivity contribution is 7.99. The molecule has 1 amide bonds. The third-order valence-electron chi connectivity index (χ3n) is 1.74. The minimum atomic E-state index is -1.03. The van der Waals surface area contributed by atoms with Gasteiger partial charge >= 0.3 is 12.1 Å². The highest BCUT2D eigenvalue weighted by Crippen LogP contribution is 2.08. The first-order chi connectivity index (χ1) is 7.76. The Balaban J connectivity index is 4.16. The van der Waals surface area contributed by atoms with Gasteiger partial charge in [-0.3, -0.25) is 0 Å². The molecule has 17 heavy (non-hydrogen) atoms. The van der Waals surface area contributed by atoms with Crippen LogP contribution in [0.5, 0.6) is 0 Å². The van der Waals surface area contributed by atoms with Crippen LogP contribution in [0.3, 0.4) is 0 Å². The number of carboxylic acid groups (broad SMARTS) is 1. The molecule has 0 radical (unpaired) electrons. The molecule has 2 N–H and O–H groups in total. The smallest absolute Gasteiger partial charge is 0.408 e. The molecule has 0 aromatic carbocycles. The molecular formula is C11H21NO4S. The molecule has 0 aliphatic heterocycles. The van der Waals surface area contributed by atoms with E-state index in [1.165, 1.54) is 0 Å². The van der Waals surface area contributed by atoms with E-state index in [0.29, 0.717) is 12.2 Å². The van der Waals surface area contributed by atoms with Gasteiger partial charge in [0.2, 0.25) is 0 Å². The van der Waals surface area contributed by atoms with E-state index >= 15 is 0 Å². The minimum absolute atomic E-state index is 0.396. The van der Waals surface area contributed by atoms with Crippen LogP contribution < -0.4 is 5.32 Å². The second-order valence-electron chi connectivity index (χ2n) is 4.52. The van der Waals surface area contributed by atoms with E-state index in [9.17, 15) is 9.59 Å². The van der Waals surface area contributed by atoms with Gasteiger partial charge in [0.25, 0.3) is 0 Å². The van der Waals surface area contributed by atoms with Crippen LogP contribution in [0.15, 0.2) is 0 Å². The third kappa shape index (κ3) is 8.85. The van der Waals surface area contributed by atoms with Crippen LogP contribution in [0.1, 0.15) is 34.1 Å². The van der Waals surface area contributed by atoms with Crippen molar-refractivity contribution in [1.82, 2.24) is 5.32 Å². The van der Waals surface area contributed by atoms with Crippen LogP contribution in [0, 0.1) is 0 Å². The quantitative estimate of drug-likeness (QED) is 0.718. The predicted molar refractivity (Wildman–Crippen MR) is 68.4 cm³/mol. The lowest BCUT2D eigenvalue weighted by Crippen LogP contribution is -2.43. The number of aliphatic carboxylic acids is 1. The van der Waals surface area contributed by atoms with Crippen LogP contribution in [0.4, 0.5) is 4.79 Å². The highest BCUT2D eigenvalue weighted by atomic mass is 32.2. The van der Waals surface area contributed by atoms with E-state index in [2.05, 4.69) is 5.32 Å². The van der Waals surface area contributed by atoms with Gasteiger partial charge in [-0.2, -0.15) is 11.8 Å². The molecular weight excluding hydrogens is 242 g/mol. The monoisotopic (exact) mass is 263 g/mol. The van der Waals surface area contributed by atoms with Gasteiger partial charge in [-0.1, -0.05) is 6.92 Å². The summed E-state index contributed by atoms with van der Waals surface area (Å²) in [7, 11) is 0. The van der Waals surface area contributed by atoms with Crippen molar-refractivity contribution < 1.29 is 19.4 Å². The Morgan fingerprint density at radius 1 is 1.41 bits per heavy atom. The maximum Gasteiger partial charge on any atom is 0.408 e. The topological polar surface area (TPSA) is 75.6 Å². The average Bonchev–Trinajstić information content (AvgIpc) is 2.13. The Kier molecular flexibility index (Phi) is 7.03. The first kappa shape index (κ1) is 16.1. The predicted octanol–water partition coefficient (Wildman–Crippen LogP) is 2.11. The molecule has 0 spiro atoms. The first-order valence-corrected chi connectivity index (χ1v) is 6.71. The number of nitrogens with one attached hydrogen (secondary N) is 1. The molecule has 0 unspecified atom stereocenters. The number of alkyl carbamates (subject to hydrolysis) is 1. The molecule has 0 rings (SSSR count). The summed E-state index contributed by atoms with van der Waals surface area (Å²) in [6.07, 6.45) is -0.293. The van der Waals surface area contributed by atoms with Crippen LogP contribution in [-0.2, 0) is 9.53 Å². The van der Waals surface area contributed by atoms with Crippen LogP contribution >= 0.6 is 11.8 Å². The number of amides is 1. The Morgan fingerprint density at radius 2 is 2.00 bits per heavy atom. The number of hydrogen-bond acceptors (Lipinski definition) is 4. The van der Waals surface area contributed by atoms with Gasteiger partial charge in [0.15, 0.2) is 0 Å². The van der Waals surface area contributed by atoms with Gasteiger partial charge in [-0.05, 0) is 38.7 Å². The van der Waals surface area contributed by atoms with Gasteiger partial charge in [0, 0.05) is 0 Å². The number of carboxylic acids is 1. The molecule has 1 atom stereocenters. The average molecular weight is 263 g/mol.